The molecular weight excluding hydrogens is 188 g/mol. The lowest BCUT2D eigenvalue weighted by atomic mass is 9.86. The third-order valence-electron chi connectivity index (χ3n) is 3.22. The van der Waals surface area contributed by atoms with Crippen molar-refractivity contribution in [1.29, 1.82) is 5.26 Å². The van der Waals surface area contributed by atoms with Gasteiger partial charge in [0.2, 0.25) is 0 Å². The second-order valence-corrected chi connectivity index (χ2v) is 4.22. The van der Waals surface area contributed by atoms with Gasteiger partial charge < -0.3 is 5.73 Å². The molecule has 0 amide bonds. The van der Waals surface area contributed by atoms with Crippen molar-refractivity contribution in [2.75, 3.05) is 5.73 Å². The minimum absolute atomic E-state index is 0.442. The van der Waals surface area contributed by atoms with E-state index in [0.29, 0.717) is 17.3 Å². The Kier molecular flexibility index (Phi) is 2.63. The Morgan fingerprint density at radius 2 is 2.07 bits per heavy atom. The predicted molar refractivity (Wildman–Crippen MR) is 58.2 cm³/mol. The Hall–Kier alpha value is -1.50. The van der Waals surface area contributed by atoms with Crippen LogP contribution in [0.4, 0.5) is 5.82 Å². The molecule has 0 radical (unpaired) electrons. The van der Waals surface area contributed by atoms with E-state index in [9.17, 15) is 0 Å². The number of anilines is 1. The summed E-state index contributed by atoms with van der Waals surface area (Å²) in [6.07, 6.45) is 6.08. The molecule has 2 rings (SSSR count). The average molecular weight is 204 g/mol. The van der Waals surface area contributed by atoms with Crippen LogP contribution in [-0.4, -0.2) is 9.78 Å². The molecule has 2 N–H and O–H groups in total. The second kappa shape index (κ2) is 3.93. The minimum atomic E-state index is 0.442. The molecule has 0 aliphatic heterocycles. The molecule has 0 atom stereocenters. The smallest absolute Gasteiger partial charge is 0.139 e. The zero-order valence-corrected chi connectivity index (χ0v) is 9.03. The van der Waals surface area contributed by atoms with Gasteiger partial charge in [0, 0.05) is 13.0 Å². The van der Waals surface area contributed by atoms with E-state index in [4.69, 9.17) is 11.0 Å². The van der Waals surface area contributed by atoms with Crippen LogP contribution in [0.25, 0.3) is 0 Å². The molecule has 0 spiro atoms. The number of nitrogen functional groups attached to an aromatic ring is 1. The van der Waals surface area contributed by atoms with E-state index < -0.39 is 0 Å². The van der Waals surface area contributed by atoms with Crippen LogP contribution in [0.15, 0.2) is 0 Å². The van der Waals surface area contributed by atoms with Crippen molar-refractivity contribution in [3.63, 3.8) is 0 Å². The molecule has 1 aromatic rings. The molecule has 0 unspecified atom stereocenters. The van der Waals surface area contributed by atoms with E-state index in [1.165, 1.54) is 19.3 Å². The number of nitrogens with two attached hydrogens (primary N) is 1. The van der Waals surface area contributed by atoms with E-state index in [2.05, 4.69) is 11.2 Å². The molecule has 4 heteroatoms. The number of rotatable bonds is 1. The largest absolute Gasteiger partial charge is 0.383 e. The van der Waals surface area contributed by atoms with Gasteiger partial charge in [-0.1, -0.05) is 19.3 Å². The van der Waals surface area contributed by atoms with Gasteiger partial charge >= 0.3 is 0 Å². The molecule has 1 aliphatic rings. The van der Waals surface area contributed by atoms with Crippen LogP contribution < -0.4 is 5.73 Å². The van der Waals surface area contributed by atoms with Gasteiger partial charge in [-0.3, -0.25) is 4.68 Å². The van der Waals surface area contributed by atoms with Gasteiger partial charge in [0.05, 0.1) is 5.69 Å². The van der Waals surface area contributed by atoms with Gasteiger partial charge in [0.1, 0.15) is 17.5 Å². The van der Waals surface area contributed by atoms with Gasteiger partial charge in [-0.25, -0.2) is 0 Å². The maximum Gasteiger partial charge on any atom is 0.139 e. The Morgan fingerprint density at radius 1 is 1.40 bits per heavy atom. The summed E-state index contributed by atoms with van der Waals surface area (Å²) in [5, 5.41) is 13.4. The van der Waals surface area contributed by atoms with E-state index in [1.807, 2.05) is 0 Å². The summed E-state index contributed by atoms with van der Waals surface area (Å²) in [6, 6.07) is 2.17. The molecule has 0 bridgehead atoms. The Morgan fingerprint density at radius 3 is 2.67 bits per heavy atom. The van der Waals surface area contributed by atoms with Crippen molar-refractivity contribution >= 4 is 5.82 Å². The molecule has 1 aliphatic carbocycles. The number of aromatic nitrogens is 2. The summed E-state index contributed by atoms with van der Waals surface area (Å²) in [4.78, 5) is 0. The second-order valence-electron chi connectivity index (χ2n) is 4.22. The Balaban J connectivity index is 2.35. The van der Waals surface area contributed by atoms with Crippen LogP contribution in [-0.2, 0) is 7.05 Å². The minimum Gasteiger partial charge on any atom is -0.383 e. The third-order valence-corrected chi connectivity index (χ3v) is 3.22. The van der Waals surface area contributed by atoms with Crippen molar-refractivity contribution in [1.82, 2.24) is 9.78 Å². The summed E-state index contributed by atoms with van der Waals surface area (Å²) in [6.45, 7) is 0. The molecule has 1 saturated carbocycles. The highest BCUT2D eigenvalue weighted by molar-refractivity contribution is 5.53. The van der Waals surface area contributed by atoms with Gasteiger partial charge in [0.25, 0.3) is 0 Å². The fourth-order valence-electron chi connectivity index (χ4n) is 2.33. The molecule has 0 saturated heterocycles. The fourth-order valence-corrected chi connectivity index (χ4v) is 2.33. The zero-order valence-electron chi connectivity index (χ0n) is 9.03. The number of aryl methyl sites for hydroxylation is 1. The molecule has 1 aromatic heterocycles. The van der Waals surface area contributed by atoms with E-state index >= 15 is 0 Å². The molecule has 1 fully saturated rings. The molecule has 80 valence electrons. The average Bonchev–Trinajstić information content (AvgIpc) is 2.56. The first-order chi connectivity index (χ1) is 7.24. The number of hydrogen-bond donors (Lipinski definition) is 1. The van der Waals surface area contributed by atoms with Crippen molar-refractivity contribution in [3.05, 3.63) is 11.3 Å². The SMILES string of the molecule is Cn1nc(C2CCCCC2)c(C#N)c1N. The maximum atomic E-state index is 9.06. The summed E-state index contributed by atoms with van der Waals surface area (Å²) in [7, 11) is 1.79. The van der Waals surface area contributed by atoms with Crippen LogP contribution in [0, 0.1) is 11.3 Å². The van der Waals surface area contributed by atoms with Crippen LogP contribution in [0.3, 0.4) is 0 Å². The monoisotopic (exact) mass is 204 g/mol. The van der Waals surface area contributed by atoms with Crippen LogP contribution >= 0.6 is 0 Å². The lowest BCUT2D eigenvalue weighted by molar-refractivity contribution is 0.433. The molecular formula is C11H16N4. The van der Waals surface area contributed by atoms with Gasteiger partial charge in [-0.2, -0.15) is 10.4 Å². The van der Waals surface area contributed by atoms with Crippen LogP contribution in [0.1, 0.15) is 49.3 Å². The quantitative estimate of drug-likeness (QED) is 0.759. The van der Waals surface area contributed by atoms with E-state index in [1.54, 1.807) is 11.7 Å². The standard InChI is InChI=1S/C11H16N4/c1-15-11(13)9(7-12)10(14-15)8-5-3-2-4-6-8/h8H,2-6,13H2,1H3. The highest BCUT2D eigenvalue weighted by Gasteiger charge is 2.23. The maximum absolute atomic E-state index is 9.06. The number of nitrogens with zero attached hydrogens (tertiary/aromatic N) is 3. The fraction of sp³-hybridized carbons (Fsp3) is 0.636. The first kappa shape index (κ1) is 10.0. The first-order valence-corrected chi connectivity index (χ1v) is 5.46. The number of nitriles is 1. The Labute approximate surface area is 89.7 Å². The predicted octanol–water partition coefficient (Wildman–Crippen LogP) is 1.92. The van der Waals surface area contributed by atoms with Gasteiger partial charge in [-0.05, 0) is 12.8 Å². The topological polar surface area (TPSA) is 67.6 Å². The molecule has 0 aromatic carbocycles. The first-order valence-electron chi connectivity index (χ1n) is 5.46. The van der Waals surface area contributed by atoms with E-state index in [-0.39, 0.29) is 0 Å². The van der Waals surface area contributed by atoms with Crippen molar-refractivity contribution < 1.29 is 0 Å². The summed E-state index contributed by atoms with van der Waals surface area (Å²) >= 11 is 0. The van der Waals surface area contributed by atoms with Crippen LogP contribution in [0.5, 0.6) is 0 Å². The summed E-state index contributed by atoms with van der Waals surface area (Å²) < 4.78 is 1.61. The number of hydrogen-bond acceptors (Lipinski definition) is 3. The summed E-state index contributed by atoms with van der Waals surface area (Å²) in [5.41, 5.74) is 7.30. The van der Waals surface area contributed by atoms with Crippen molar-refractivity contribution in [3.8, 4) is 6.07 Å². The van der Waals surface area contributed by atoms with Gasteiger partial charge in [-0.15, -0.1) is 0 Å². The molecule has 15 heavy (non-hydrogen) atoms. The normalized spacial score (nSPS) is 17.6. The summed E-state index contributed by atoms with van der Waals surface area (Å²) in [5.74, 6) is 0.940. The lowest BCUT2D eigenvalue weighted by Gasteiger charge is -2.19. The van der Waals surface area contributed by atoms with E-state index in [0.717, 1.165) is 18.5 Å². The highest BCUT2D eigenvalue weighted by atomic mass is 15.3. The van der Waals surface area contributed by atoms with Gasteiger partial charge in [0.15, 0.2) is 0 Å². The lowest BCUT2D eigenvalue weighted by Crippen LogP contribution is -2.07. The zero-order chi connectivity index (χ0) is 10.8. The molecule has 1 heterocycles. The highest BCUT2D eigenvalue weighted by Crippen LogP contribution is 2.34. The van der Waals surface area contributed by atoms with Crippen molar-refractivity contribution in [2.24, 2.45) is 7.05 Å². The van der Waals surface area contributed by atoms with Crippen molar-refractivity contribution in [2.45, 2.75) is 38.0 Å². The Bertz CT molecular complexity index is 393. The molecule has 4 nitrogen and oxygen atoms in total. The van der Waals surface area contributed by atoms with Crippen LogP contribution in [0.2, 0.25) is 0 Å². The third kappa shape index (κ3) is 1.70.